The van der Waals surface area contributed by atoms with Crippen molar-refractivity contribution in [2.45, 2.75) is 12.8 Å². The number of phenolic OH excluding ortho intramolecular Hbond substituents is 1. The number of aromatic hydroxyl groups is 1. The molecule has 0 bridgehead atoms. The van der Waals surface area contributed by atoms with Gasteiger partial charge in [-0.1, -0.05) is 35.9 Å². The number of hydrogen-bond acceptors (Lipinski definition) is 6. The van der Waals surface area contributed by atoms with Crippen molar-refractivity contribution in [3.8, 4) is 11.5 Å². The summed E-state index contributed by atoms with van der Waals surface area (Å²) in [6.07, 6.45) is 0. The molecule has 6 nitrogen and oxygen atoms in total. The number of dihydropyridines is 1. The molecule has 1 atom stereocenters. The van der Waals surface area contributed by atoms with Crippen LogP contribution in [0.1, 0.15) is 34.3 Å². The minimum atomic E-state index is -0.731. The number of halogens is 1. The van der Waals surface area contributed by atoms with Crippen LogP contribution in [0.25, 0.3) is 5.70 Å². The molecule has 0 saturated carbocycles. The quantitative estimate of drug-likeness (QED) is 0.747. The number of benzene rings is 2. The maximum atomic E-state index is 13.3. The highest BCUT2D eigenvalue weighted by atomic mass is 35.5. The average Bonchev–Trinajstić information content (AvgIpc) is 3.00. The number of ketones is 1. The van der Waals surface area contributed by atoms with E-state index in [9.17, 15) is 14.7 Å². The van der Waals surface area contributed by atoms with Gasteiger partial charge in [-0.05, 0) is 24.6 Å². The lowest BCUT2D eigenvalue weighted by Gasteiger charge is -2.29. The largest absolute Gasteiger partial charge is 0.503 e. The summed E-state index contributed by atoms with van der Waals surface area (Å²) in [4.78, 5) is 26.0. The van der Waals surface area contributed by atoms with Gasteiger partial charge in [0.15, 0.2) is 17.3 Å². The molecule has 0 aromatic heterocycles. The fraction of sp³-hybridized carbons (Fsp3) is 0.182. The summed E-state index contributed by atoms with van der Waals surface area (Å²) >= 11 is 6.20. The lowest BCUT2D eigenvalue weighted by molar-refractivity contribution is -0.136. The van der Waals surface area contributed by atoms with Crippen LogP contribution >= 0.6 is 11.6 Å². The van der Waals surface area contributed by atoms with Crippen LogP contribution in [0, 0.1) is 0 Å². The lowest BCUT2D eigenvalue weighted by atomic mass is 9.79. The maximum Gasteiger partial charge on any atom is 0.336 e. The number of allylic oxidation sites excluding steroid dienone is 2. The van der Waals surface area contributed by atoms with Crippen LogP contribution in [0.5, 0.6) is 11.5 Å². The number of carbonyl (C=O) groups is 2. The third-order valence-corrected chi connectivity index (χ3v) is 5.55. The Bertz CT molecular complexity index is 1130. The third-order valence-electron chi connectivity index (χ3n) is 5.26. The molecule has 4 rings (SSSR count). The van der Waals surface area contributed by atoms with Crippen molar-refractivity contribution in [1.29, 1.82) is 0 Å². The normalized spacial score (nSPS) is 17.7. The Morgan fingerprint density at radius 3 is 2.52 bits per heavy atom. The number of esters is 1. The molecule has 7 heteroatoms. The first-order chi connectivity index (χ1) is 13.9. The highest BCUT2D eigenvalue weighted by Gasteiger charge is 2.43. The van der Waals surface area contributed by atoms with E-state index in [4.69, 9.17) is 21.1 Å². The molecule has 0 amide bonds. The summed E-state index contributed by atoms with van der Waals surface area (Å²) in [5.41, 5.74) is 3.84. The van der Waals surface area contributed by atoms with Gasteiger partial charge >= 0.3 is 5.97 Å². The van der Waals surface area contributed by atoms with Crippen molar-refractivity contribution >= 4 is 29.1 Å². The molecule has 0 radical (unpaired) electrons. The van der Waals surface area contributed by atoms with Crippen LogP contribution in [0.4, 0.5) is 0 Å². The van der Waals surface area contributed by atoms with E-state index in [-0.39, 0.29) is 22.3 Å². The Hall–Kier alpha value is -3.25. The smallest absolute Gasteiger partial charge is 0.336 e. The average molecular weight is 412 g/mol. The van der Waals surface area contributed by atoms with E-state index in [1.54, 1.807) is 25.1 Å². The second-order valence-electron chi connectivity index (χ2n) is 6.81. The molecular formula is C22H18ClNO5. The number of nitrogens with one attached hydrogen (secondary N) is 1. The van der Waals surface area contributed by atoms with E-state index < -0.39 is 11.9 Å². The van der Waals surface area contributed by atoms with Gasteiger partial charge in [-0.15, -0.1) is 0 Å². The zero-order chi connectivity index (χ0) is 20.9. The number of methoxy groups -OCH3 is 2. The van der Waals surface area contributed by atoms with Gasteiger partial charge in [0, 0.05) is 28.3 Å². The highest BCUT2D eigenvalue weighted by molar-refractivity contribution is 6.32. The molecule has 1 unspecified atom stereocenters. The summed E-state index contributed by atoms with van der Waals surface area (Å²) < 4.78 is 10.2. The molecular weight excluding hydrogens is 394 g/mol. The Kier molecular flexibility index (Phi) is 4.59. The molecule has 0 saturated heterocycles. The van der Waals surface area contributed by atoms with Gasteiger partial charge in [0.1, 0.15) is 0 Å². The van der Waals surface area contributed by atoms with Crippen molar-refractivity contribution in [2.75, 3.05) is 14.2 Å². The summed E-state index contributed by atoms with van der Waals surface area (Å²) in [6, 6.07) is 10.4. The van der Waals surface area contributed by atoms with Gasteiger partial charge in [-0.3, -0.25) is 4.79 Å². The van der Waals surface area contributed by atoms with Crippen LogP contribution in [-0.4, -0.2) is 31.1 Å². The minimum Gasteiger partial charge on any atom is -0.503 e. The van der Waals surface area contributed by atoms with Crippen molar-refractivity contribution < 1.29 is 24.2 Å². The van der Waals surface area contributed by atoms with Gasteiger partial charge in [0.05, 0.1) is 30.5 Å². The Morgan fingerprint density at radius 1 is 1.17 bits per heavy atom. The van der Waals surface area contributed by atoms with Gasteiger partial charge in [0.2, 0.25) is 0 Å². The number of hydrogen-bond donors (Lipinski definition) is 2. The Morgan fingerprint density at radius 2 is 1.86 bits per heavy atom. The molecule has 0 fully saturated rings. The van der Waals surface area contributed by atoms with Crippen LogP contribution in [-0.2, 0) is 9.53 Å². The zero-order valence-corrected chi connectivity index (χ0v) is 16.8. The second kappa shape index (κ2) is 6.97. The fourth-order valence-electron chi connectivity index (χ4n) is 3.96. The molecule has 0 spiro atoms. The topological polar surface area (TPSA) is 84.9 Å². The second-order valence-corrected chi connectivity index (χ2v) is 7.21. The minimum absolute atomic E-state index is 0.0601. The van der Waals surface area contributed by atoms with Crippen LogP contribution in [0.3, 0.4) is 0 Å². The van der Waals surface area contributed by atoms with E-state index in [1.807, 2.05) is 12.1 Å². The monoisotopic (exact) mass is 411 g/mol. The van der Waals surface area contributed by atoms with Crippen molar-refractivity contribution in [1.82, 2.24) is 5.32 Å². The van der Waals surface area contributed by atoms with Crippen molar-refractivity contribution in [3.63, 3.8) is 0 Å². The number of fused-ring (bicyclic) bond motifs is 2. The molecule has 2 N–H and O–H groups in total. The predicted molar refractivity (Wildman–Crippen MR) is 108 cm³/mol. The third kappa shape index (κ3) is 2.79. The molecule has 2 aromatic carbocycles. The fourth-order valence-corrected chi connectivity index (χ4v) is 4.18. The molecule has 1 aliphatic carbocycles. The molecule has 1 heterocycles. The number of phenols is 1. The number of Topliss-reactive ketones (excluding diaryl/α,β-unsaturated/α-hetero) is 1. The molecule has 1 aliphatic heterocycles. The summed E-state index contributed by atoms with van der Waals surface area (Å²) in [7, 11) is 2.69. The Balaban J connectivity index is 1.99. The van der Waals surface area contributed by atoms with Gasteiger partial charge in [-0.25, -0.2) is 4.79 Å². The predicted octanol–water partition coefficient (Wildman–Crippen LogP) is 3.80. The molecule has 148 valence electrons. The van der Waals surface area contributed by atoms with Crippen molar-refractivity contribution in [3.05, 3.63) is 75.0 Å². The summed E-state index contributed by atoms with van der Waals surface area (Å²) in [5, 5.41) is 13.4. The van der Waals surface area contributed by atoms with Gasteiger partial charge in [0.25, 0.3) is 0 Å². The van der Waals surface area contributed by atoms with Crippen LogP contribution < -0.4 is 10.1 Å². The van der Waals surface area contributed by atoms with E-state index in [0.29, 0.717) is 33.7 Å². The van der Waals surface area contributed by atoms with E-state index in [2.05, 4.69) is 5.32 Å². The molecule has 2 aromatic rings. The maximum absolute atomic E-state index is 13.3. The van der Waals surface area contributed by atoms with Gasteiger partial charge < -0.3 is 19.9 Å². The lowest BCUT2D eigenvalue weighted by Crippen LogP contribution is -2.29. The molecule has 29 heavy (non-hydrogen) atoms. The number of rotatable bonds is 3. The van der Waals surface area contributed by atoms with E-state index >= 15 is 0 Å². The SMILES string of the molecule is COC(=O)C1=C(C)NC2=C(C(=O)c3ccccc32)C1c1cc(Cl)c(O)c(OC)c1. The van der Waals surface area contributed by atoms with Crippen LogP contribution in [0.15, 0.2) is 53.2 Å². The van der Waals surface area contributed by atoms with Crippen LogP contribution in [0.2, 0.25) is 5.02 Å². The van der Waals surface area contributed by atoms with Crippen molar-refractivity contribution in [2.24, 2.45) is 0 Å². The first-order valence-electron chi connectivity index (χ1n) is 8.89. The zero-order valence-electron chi connectivity index (χ0n) is 16.0. The standard InChI is InChI=1S/C22H18ClNO5/c1-10-16(22(27)29-3)17(11-8-14(23)21(26)15(9-11)28-2)18-19(24-10)12-6-4-5-7-13(12)20(18)25/h4-9,17,24,26H,1-3H3. The van der Waals surface area contributed by atoms with E-state index in [1.165, 1.54) is 20.3 Å². The first-order valence-corrected chi connectivity index (χ1v) is 9.27. The number of carbonyl (C=O) groups excluding carboxylic acids is 2. The van der Waals surface area contributed by atoms with E-state index in [0.717, 1.165) is 5.56 Å². The Labute approximate surface area is 172 Å². The first kappa shape index (κ1) is 19.1. The number of ether oxygens (including phenoxy) is 2. The highest BCUT2D eigenvalue weighted by Crippen LogP contribution is 2.48. The molecule has 2 aliphatic rings. The summed E-state index contributed by atoms with van der Waals surface area (Å²) in [6.45, 7) is 1.76. The van der Waals surface area contributed by atoms with Gasteiger partial charge in [-0.2, -0.15) is 0 Å². The summed E-state index contributed by atoms with van der Waals surface area (Å²) in [5.74, 6) is -1.52.